The molecule has 1 fully saturated rings. The van der Waals surface area contributed by atoms with E-state index in [9.17, 15) is 14.9 Å². The summed E-state index contributed by atoms with van der Waals surface area (Å²) in [4.78, 5) is 24.8. The van der Waals surface area contributed by atoms with Gasteiger partial charge in [-0.25, -0.2) is 0 Å². The fourth-order valence-corrected chi connectivity index (χ4v) is 3.83. The van der Waals surface area contributed by atoms with E-state index < -0.39 is 4.92 Å². The van der Waals surface area contributed by atoms with Crippen molar-refractivity contribution in [2.75, 3.05) is 26.0 Å². The Morgan fingerprint density at radius 3 is 2.80 bits per heavy atom. The van der Waals surface area contributed by atoms with Crippen molar-refractivity contribution in [2.24, 2.45) is 11.7 Å². The summed E-state index contributed by atoms with van der Waals surface area (Å²) in [5.74, 6) is 1.63. The number of carbonyl (C=O) groups is 1. The van der Waals surface area contributed by atoms with Gasteiger partial charge in [0.1, 0.15) is 0 Å². The third kappa shape index (κ3) is 5.49. The van der Waals surface area contributed by atoms with E-state index in [0.29, 0.717) is 24.0 Å². The van der Waals surface area contributed by atoms with Crippen LogP contribution in [0.25, 0.3) is 0 Å². The Labute approximate surface area is 157 Å². The molecule has 0 aliphatic carbocycles. The fraction of sp³-hybridized carbons (Fsp3) is 0.562. The van der Waals surface area contributed by atoms with E-state index in [-0.39, 0.29) is 35.8 Å². The molecule has 1 aliphatic rings. The maximum absolute atomic E-state index is 12.3. The van der Waals surface area contributed by atoms with Crippen molar-refractivity contribution < 1.29 is 14.5 Å². The maximum atomic E-state index is 12.3. The quantitative estimate of drug-likeness (QED) is 0.568. The molecule has 1 aliphatic heterocycles. The van der Waals surface area contributed by atoms with Crippen LogP contribution in [0.15, 0.2) is 18.2 Å². The molecular formula is C16H24ClN3O4S. The van der Waals surface area contributed by atoms with Crippen molar-refractivity contribution in [3.63, 3.8) is 0 Å². The summed E-state index contributed by atoms with van der Waals surface area (Å²) in [6, 6.07) is 5.10. The van der Waals surface area contributed by atoms with Gasteiger partial charge in [-0.2, -0.15) is 0 Å². The molecule has 2 unspecified atom stereocenters. The van der Waals surface area contributed by atoms with Gasteiger partial charge in [0.15, 0.2) is 5.75 Å². The van der Waals surface area contributed by atoms with Crippen molar-refractivity contribution in [2.45, 2.75) is 25.1 Å². The number of nitro groups is 1. The van der Waals surface area contributed by atoms with E-state index in [2.05, 4.69) is 0 Å². The number of amides is 1. The largest absolute Gasteiger partial charge is 0.490 e. The zero-order valence-corrected chi connectivity index (χ0v) is 16.0. The Balaban J connectivity index is 0.00000312. The normalized spacial score (nSPS) is 19.4. The molecule has 2 rings (SSSR count). The van der Waals surface area contributed by atoms with E-state index in [1.54, 1.807) is 12.1 Å². The maximum Gasteiger partial charge on any atom is 0.311 e. The van der Waals surface area contributed by atoms with Gasteiger partial charge in [0.25, 0.3) is 0 Å². The first kappa shape index (κ1) is 21.5. The highest BCUT2D eigenvalue weighted by molar-refractivity contribution is 7.99. The van der Waals surface area contributed by atoms with E-state index >= 15 is 0 Å². The van der Waals surface area contributed by atoms with E-state index in [0.717, 1.165) is 18.5 Å². The topological polar surface area (TPSA) is 98.7 Å². The number of carbonyl (C=O) groups excluding carboxylic acids is 1. The SMILES string of the molecule is COc1ccc(CSCC(=O)N2CC(CN)CC2C)cc1[N+](=O)[O-].Cl. The van der Waals surface area contributed by atoms with Crippen LogP contribution in [-0.2, 0) is 10.5 Å². The molecule has 0 radical (unpaired) electrons. The van der Waals surface area contributed by atoms with Gasteiger partial charge in [0.2, 0.25) is 5.91 Å². The Morgan fingerprint density at radius 1 is 1.52 bits per heavy atom. The number of likely N-dealkylation sites (tertiary alicyclic amines) is 1. The summed E-state index contributed by atoms with van der Waals surface area (Å²) in [6.07, 6.45) is 0.956. The zero-order chi connectivity index (χ0) is 17.7. The molecule has 140 valence electrons. The lowest BCUT2D eigenvalue weighted by Gasteiger charge is -2.21. The van der Waals surface area contributed by atoms with Gasteiger partial charge in [-0.05, 0) is 37.4 Å². The molecule has 1 aromatic rings. The van der Waals surface area contributed by atoms with Crippen molar-refractivity contribution >= 4 is 35.8 Å². The molecule has 1 aromatic carbocycles. The average molecular weight is 390 g/mol. The molecule has 0 bridgehead atoms. The second kappa shape index (κ2) is 9.84. The molecular weight excluding hydrogens is 366 g/mol. The highest BCUT2D eigenvalue weighted by atomic mass is 35.5. The number of rotatable bonds is 7. The van der Waals surface area contributed by atoms with Crippen LogP contribution in [-0.4, -0.2) is 47.7 Å². The van der Waals surface area contributed by atoms with Gasteiger partial charge in [0, 0.05) is 24.4 Å². The van der Waals surface area contributed by atoms with Crippen molar-refractivity contribution in [3.05, 3.63) is 33.9 Å². The smallest absolute Gasteiger partial charge is 0.311 e. The average Bonchev–Trinajstić information content (AvgIpc) is 2.95. The summed E-state index contributed by atoms with van der Waals surface area (Å²) in [6.45, 7) is 3.38. The van der Waals surface area contributed by atoms with Crippen LogP contribution in [0.3, 0.4) is 0 Å². The molecule has 2 atom stereocenters. The van der Waals surface area contributed by atoms with Crippen LogP contribution >= 0.6 is 24.2 Å². The van der Waals surface area contributed by atoms with E-state index in [4.69, 9.17) is 10.5 Å². The minimum absolute atomic E-state index is 0. The van der Waals surface area contributed by atoms with Gasteiger partial charge in [-0.15, -0.1) is 24.2 Å². The highest BCUT2D eigenvalue weighted by Crippen LogP contribution is 2.29. The van der Waals surface area contributed by atoms with Crippen molar-refractivity contribution in [1.29, 1.82) is 0 Å². The molecule has 0 saturated carbocycles. The molecule has 0 aromatic heterocycles. The molecule has 1 saturated heterocycles. The van der Waals surface area contributed by atoms with Gasteiger partial charge < -0.3 is 15.4 Å². The number of nitrogens with zero attached hydrogens (tertiary/aromatic N) is 2. The molecule has 9 heteroatoms. The minimum Gasteiger partial charge on any atom is -0.490 e. The van der Waals surface area contributed by atoms with Crippen molar-refractivity contribution in [1.82, 2.24) is 4.90 Å². The molecule has 0 spiro atoms. The predicted octanol–water partition coefficient (Wildman–Crippen LogP) is 2.45. The van der Waals surface area contributed by atoms with Crippen LogP contribution in [0.2, 0.25) is 0 Å². The van der Waals surface area contributed by atoms with Crippen LogP contribution in [0.5, 0.6) is 5.75 Å². The van der Waals surface area contributed by atoms with Gasteiger partial charge in [-0.1, -0.05) is 6.07 Å². The number of methoxy groups -OCH3 is 1. The number of nitro benzene ring substituents is 1. The highest BCUT2D eigenvalue weighted by Gasteiger charge is 2.31. The lowest BCUT2D eigenvalue weighted by Crippen LogP contribution is -2.35. The standard InChI is InChI=1S/C16H23N3O4S.ClH/c1-11-5-13(7-17)8-18(11)16(20)10-24-9-12-3-4-15(23-2)14(6-12)19(21)22;/h3-4,6,11,13H,5,7-10,17H2,1-2H3;1H. The minimum atomic E-state index is -0.461. The number of thioether (sulfide) groups is 1. The second-order valence-electron chi connectivity index (χ2n) is 5.99. The third-order valence-corrected chi connectivity index (χ3v) is 5.24. The van der Waals surface area contributed by atoms with E-state index in [1.165, 1.54) is 24.9 Å². The fourth-order valence-electron chi connectivity index (χ4n) is 2.97. The van der Waals surface area contributed by atoms with Gasteiger partial charge in [-0.3, -0.25) is 14.9 Å². The van der Waals surface area contributed by atoms with Crippen LogP contribution in [0, 0.1) is 16.0 Å². The Kier molecular flexibility index (Phi) is 8.47. The predicted molar refractivity (Wildman–Crippen MR) is 101 cm³/mol. The lowest BCUT2D eigenvalue weighted by molar-refractivity contribution is -0.385. The summed E-state index contributed by atoms with van der Waals surface area (Å²) in [7, 11) is 1.40. The van der Waals surface area contributed by atoms with Gasteiger partial charge in [0.05, 0.1) is 17.8 Å². The molecule has 25 heavy (non-hydrogen) atoms. The Bertz CT molecular complexity index is 617. The summed E-state index contributed by atoms with van der Waals surface area (Å²) in [5.41, 5.74) is 6.43. The number of hydrogen-bond donors (Lipinski definition) is 1. The third-order valence-electron chi connectivity index (χ3n) is 4.25. The summed E-state index contributed by atoms with van der Waals surface area (Å²) >= 11 is 1.46. The Morgan fingerprint density at radius 2 is 2.24 bits per heavy atom. The first-order chi connectivity index (χ1) is 11.5. The number of ether oxygens (including phenoxy) is 1. The molecule has 1 amide bonds. The first-order valence-corrected chi connectivity index (χ1v) is 9.00. The second-order valence-corrected chi connectivity index (χ2v) is 6.97. The summed E-state index contributed by atoms with van der Waals surface area (Å²) in [5, 5.41) is 11.0. The van der Waals surface area contributed by atoms with Gasteiger partial charge >= 0.3 is 5.69 Å². The molecule has 2 N–H and O–H groups in total. The molecule has 1 heterocycles. The number of hydrogen-bond acceptors (Lipinski definition) is 6. The Hall–Kier alpha value is -1.51. The first-order valence-electron chi connectivity index (χ1n) is 7.84. The van der Waals surface area contributed by atoms with Crippen LogP contribution in [0.4, 0.5) is 5.69 Å². The van der Waals surface area contributed by atoms with Crippen LogP contribution in [0.1, 0.15) is 18.9 Å². The number of halogens is 1. The molecule has 7 nitrogen and oxygen atoms in total. The lowest BCUT2D eigenvalue weighted by atomic mass is 10.1. The summed E-state index contributed by atoms with van der Waals surface area (Å²) < 4.78 is 4.98. The number of benzene rings is 1. The van der Waals surface area contributed by atoms with Crippen molar-refractivity contribution in [3.8, 4) is 5.75 Å². The monoisotopic (exact) mass is 389 g/mol. The van der Waals surface area contributed by atoms with E-state index in [1.807, 2.05) is 11.8 Å². The van der Waals surface area contributed by atoms with Crippen LogP contribution < -0.4 is 10.5 Å². The number of nitrogens with two attached hydrogens (primary N) is 1. The zero-order valence-electron chi connectivity index (χ0n) is 14.3.